The minimum absolute atomic E-state index is 0.0730. The van der Waals surface area contributed by atoms with E-state index in [9.17, 15) is 0 Å². The summed E-state index contributed by atoms with van der Waals surface area (Å²) in [4.78, 5) is 0. The fourth-order valence-corrected chi connectivity index (χ4v) is 4.13. The largest absolute Gasteiger partial charge is 0.494 e. The van der Waals surface area contributed by atoms with Gasteiger partial charge in [0.25, 0.3) is 0 Å². The van der Waals surface area contributed by atoms with Crippen LogP contribution in [0.4, 0.5) is 0 Å². The van der Waals surface area contributed by atoms with Crippen LogP contribution in [0, 0.1) is 5.92 Å². The molecular weight excluding hydrogens is 299 g/mol. The molecule has 24 heavy (non-hydrogen) atoms. The second kappa shape index (κ2) is 9.03. The Kier molecular flexibility index (Phi) is 6.76. The first-order valence-corrected chi connectivity index (χ1v) is 9.74. The SMILES string of the molecule is CCCC1CCC(c2ccc(B3OCC(OCC)CO3)cc2)CC1. The molecule has 0 aromatic heterocycles. The van der Waals surface area contributed by atoms with Gasteiger partial charge >= 0.3 is 7.12 Å². The average molecular weight is 330 g/mol. The number of hydrogen-bond acceptors (Lipinski definition) is 3. The molecule has 0 atom stereocenters. The lowest BCUT2D eigenvalue weighted by molar-refractivity contribution is -0.0376. The van der Waals surface area contributed by atoms with Crippen LogP contribution in [0.1, 0.15) is 63.9 Å². The Morgan fingerprint density at radius 1 is 1.00 bits per heavy atom. The summed E-state index contributed by atoms with van der Waals surface area (Å²) in [6.07, 6.45) is 8.29. The fourth-order valence-electron chi connectivity index (χ4n) is 4.13. The topological polar surface area (TPSA) is 27.7 Å². The second-order valence-corrected chi connectivity index (χ2v) is 7.25. The lowest BCUT2D eigenvalue weighted by atomic mass is 9.74. The van der Waals surface area contributed by atoms with Crippen molar-refractivity contribution >= 4 is 12.6 Å². The Morgan fingerprint density at radius 3 is 2.25 bits per heavy atom. The molecule has 1 aliphatic carbocycles. The molecule has 0 radical (unpaired) electrons. The van der Waals surface area contributed by atoms with Gasteiger partial charge in [0.05, 0.1) is 13.2 Å². The fraction of sp³-hybridized carbons (Fsp3) is 0.700. The Hall–Kier alpha value is -0.835. The molecule has 1 heterocycles. The van der Waals surface area contributed by atoms with Crippen molar-refractivity contribution in [2.75, 3.05) is 19.8 Å². The summed E-state index contributed by atoms with van der Waals surface area (Å²) in [5.41, 5.74) is 2.60. The Bertz CT molecular complexity index is 429. The van der Waals surface area contributed by atoms with Gasteiger partial charge in [-0.2, -0.15) is 0 Å². The molecule has 1 saturated heterocycles. The monoisotopic (exact) mass is 330 g/mol. The van der Waals surface area contributed by atoms with Gasteiger partial charge in [-0.05, 0) is 55.5 Å². The van der Waals surface area contributed by atoms with Crippen LogP contribution < -0.4 is 5.46 Å². The van der Waals surface area contributed by atoms with Crippen molar-refractivity contribution in [3.63, 3.8) is 0 Å². The zero-order valence-electron chi connectivity index (χ0n) is 15.2. The summed E-state index contributed by atoms with van der Waals surface area (Å²) in [7, 11) is -0.240. The molecule has 1 aromatic carbocycles. The molecule has 0 amide bonds. The van der Waals surface area contributed by atoms with Crippen molar-refractivity contribution in [3.05, 3.63) is 29.8 Å². The van der Waals surface area contributed by atoms with E-state index in [0.717, 1.165) is 17.3 Å². The molecule has 3 rings (SSSR count). The first kappa shape index (κ1) is 18.0. The predicted molar refractivity (Wildman–Crippen MR) is 98.8 cm³/mol. The zero-order chi connectivity index (χ0) is 16.8. The van der Waals surface area contributed by atoms with Crippen LogP contribution >= 0.6 is 0 Å². The van der Waals surface area contributed by atoms with Crippen molar-refractivity contribution in [3.8, 4) is 0 Å². The predicted octanol–water partition coefficient (Wildman–Crippen LogP) is 3.91. The molecule has 1 aromatic rings. The highest BCUT2D eigenvalue weighted by Crippen LogP contribution is 2.37. The summed E-state index contributed by atoms with van der Waals surface area (Å²) in [5.74, 6) is 1.70. The lowest BCUT2D eigenvalue weighted by Crippen LogP contribution is -2.47. The number of ether oxygens (including phenoxy) is 1. The van der Waals surface area contributed by atoms with Crippen LogP contribution in [0.15, 0.2) is 24.3 Å². The van der Waals surface area contributed by atoms with E-state index in [2.05, 4.69) is 31.2 Å². The molecule has 1 saturated carbocycles. The maximum Gasteiger partial charge on any atom is 0.494 e. The van der Waals surface area contributed by atoms with Crippen molar-refractivity contribution in [1.82, 2.24) is 0 Å². The third kappa shape index (κ3) is 4.62. The minimum Gasteiger partial charge on any atom is -0.404 e. The first-order valence-electron chi connectivity index (χ1n) is 9.74. The summed E-state index contributed by atoms with van der Waals surface area (Å²) < 4.78 is 17.2. The first-order chi connectivity index (χ1) is 11.8. The van der Waals surface area contributed by atoms with Gasteiger partial charge in [-0.1, -0.05) is 44.0 Å². The van der Waals surface area contributed by atoms with Gasteiger partial charge in [-0.3, -0.25) is 0 Å². The minimum atomic E-state index is -0.240. The third-order valence-corrected chi connectivity index (χ3v) is 5.49. The Morgan fingerprint density at radius 2 is 1.67 bits per heavy atom. The van der Waals surface area contributed by atoms with Crippen LogP contribution in [0.2, 0.25) is 0 Å². The highest BCUT2D eigenvalue weighted by Gasteiger charge is 2.29. The van der Waals surface area contributed by atoms with E-state index in [-0.39, 0.29) is 13.2 Å². The molecule has 132 valence electrons. The Balaban J connectivity index is 1.51. The van der Waals surface area contributed by atoms with Crippen LogP contribution in [0.5, 0.6) is 0 Å². The van der Waals surface area contributed by atoms with E-state index in [4.69, 9.17) is 14.0 Å². The molecule has 0 bridgehead atoms. The van der Waals surface area contributed by atoms with E-state index in [1.165, 1.54) is 44.1 Å². The molecule has 0 spiro atoms. The van der Waals surface area contributed by atoms with Crippen molar-refractivity contribution in [2.45, 2.75) is 64.4 Å². The molecule has 0 unspecified atom stereocenters. The number of hydrogen-bond donors (Lipinski definition) is 0. The second-order valence-electron chi connectivity index (χ2n) is 7.25. The lowest BCUT2D eigenvalue weighted by Gasteiger charge is -2.29. The van der Waals surface area contributed by atoms with Gasteiger partial charge in [0, 0.05) is 6.61 Å². The molecule has 2 fully saturated rings. The van der Waals surface area contributed by atoms with Crippen molar-refractivity contribution in [2.24, 2.45) is 5.92 Å². The van der Waals surface area contributed by atoms with E-state index in [1.54, 1.807) is 0 Å². The standard InChI is InChI=1S/C20H31BO3/c1-3-5-16-6-8-17(9-7-16)18-10-12-19(13-11-18)21-23-14-20(15-24-21)22-4-2/h10-13,16-17,20H,3-9,14-15H2,1-2H3. The van der Waals surface area contributed by atoms with E-state index >= 15 is 0 Å². The van der Waals surface area contributed by atoms with Crippen LogP contribution in [-0.2, 0) is 14.0 Å². The van der Waals surface area contributed by atoms with Crippen molar-refractivity contribution < 1.29 is 14.0 Å². The Labute approximate surface area is 147 Å². The maximum atomic E-state index is 5.81. The van der Waals surface area contributed by atoms with Gasteiger partial charge in [-0.15, -0.1) is 0 Å². The molecule has 1 aliphatic heterocycles. The quantitative estimate of drug-likeness (QED) is 0.740. The van der Waals surface area contributed by atoms with Gasteiger partial charge < -0.3 is 14.0 Å². The van der Waals surface area contributed by atoms with Gasteiger partial charge in [0.15, 0.2) is 0 Å². The van der Waals surface area contributed by atoms with Crippen molar-refractivity contribution in [1.29, 1.82) is 0 Å². The summed E-state index contributed by atoms with van der Waals surface area (Å²) >= 11 is 0. The molecule has 0 N–H and O–H groups in total. The van der Waals surface area contributed by atoms with E-state index < -0.39 is 0 Å². The van der Waals surface area contributed by atoms with Crippen LogP contribution in [-0.4, -0.2) is 33.0 Å². The molecule has 4 heteroatoms. The van der Waals surface area contributed by atoms with Crippen LogP contribution in [0.3, 0.4) is 0 Å². The van der Waals surface area contributed by atoms with Gasteiger partial charge in [0.2, 0.25) is 0 Å². The highest BCUT2D eigenvalue weighted by atomic mass is 16.6. The summed E-state index contributed by atoms with van der Waals surface area (Å²) in [6.45, 7) is 6.23. The normalized spacial score (nSPS) is 25.8. The van der Waals surface area contributed by atoms with Gasteiger partial charge in [0.1, 0.15) is 6.10 Å². The highest BCUT2D eigenvalue weighted by molar-refractivity contribution is 6.61. The smallest absolute Gasteiger partial charge is 0.404 e. The molecule has 3 nitrogen and oxygen atoms in total. The number of rotatable bonds is 6. The van der Waals surface area contributed by atoms with E-state index in [1.807, 2.05) is 6.92 Å². The third-order valence-electron chi connectivity index (χ3n) is 5.49. The zero-order valence-corrected chi connectivity index (χ0v) is 15.2. The molecular formula is C20H31BO3. The average Bonchev–Trinajstić information content (AvgIpc) is 2.64. The summed E-state index contributed by atoms with van der Waals surface area (Å²) in [6, 6.07) is 8.92. The number of benzene rings is 1. The van der Waals surface area contributed by atoms with E-state index in [0.29, 0.717) is 19.8 Å². The maximum absolute atomic E-state index is 5.81. The van der Waals surface area contributed by atoms with Gasteiger partial charge in [-0.25, -0.2) is 0 Å². The molecule has 2 aliphatic rings. The summed E-state index contributed by atoms with van der Waals surface area (Å²) in [5, 5.41) is 0. The van der Waals surface area contributed by atoms with Crippen LogP contribution in [0.25, 0.3) is 0 Å².